The zero-order valence-electron chi connectivity index (χ0n) is 8.36. The Bertz CT molecular complexity index is 346. The summed E-state index contributed by atoms with van der Waals surface area (Å²) in [5, 5.41) is 0. The fourth-order valence-electron chi connectivity index (χ4n) is 1.25. The monoisotopic (exact) mass is 207 g/mol. The van der Waals surface area contributed by atoms with E-state index in [1.54, 1.807) is 18.2 Å². The molecule has 0 aliphatic carbocycles. The summed E-state index contributed by atoms with van der Waals surface area (Å²) in [4.78, 5) is 21.2. The summed E-state index contributed by atoms with van der Waals surface area (Å²) in [6.07, 6.45) is 0.473. The van der Waals surface area contributed by atoms with E-state index < -0.39 is 0 Å². The zero-order valence-corrected chi connectivity index (χ0v) is 8.36. The molecule has 0 saturated heterocycles. The molecule has 0 atom stereocenters. The molecule has 0 aliphatic rings. The molecule has 0 unspecified atom stereocenters. The van der Waals surface area contributed by atoms with Crippen LogP contribution in [0.5, 0.6) is 0 Å². The van der Waals surface area contributed by atoms with E-state index in [0.717, 1.165) is 5.56 Å². The average Bonchev–Trinajstić information content (AvgIpc) is 2.29. The Hall–Kier alpha value is -1.84. The Balaban J connectivity index is 2.76. The van der Waals surface area contributed by atoms with Crippen molar-refractivity contribution >= 4 is 12.4 Å². The summed E-state index contributed by atoms with van der Waals surface area (Å²) in [5.74, 6) is -0.388. The lowest BCUT2D eigenvalue weighted by atomic mass is 10.1. The van der Waals surface area contributed by atoms with Crippen molar-refractivity contribution in [1.29, 1.82) is 0 Å². The first-order valence-corrected chi connectivity index (χ1v) is 4.44. The SMILES string of the molecule is COC(=O)c1ccccc1CCO[C]=O. The van der Waals surface area contributed by atoms with Gasteiger partial charge in [-0.15, -0.1) is 0 Å². The van der Waals surface area contributed by atoms with Gasteiger partial charge in [-0.05, 0) is 11.6 Å². The van der Waals surface area contributed by atoms with Crippen molar-refractivity contribution in [2.45, 2.75) is 6.42 Å². The van der Waals surface area contributed by atoms with E-state index in [9.17, 15) is 9.59 Å². The molecule has 0 aliphatic heterocycles. The Morgan fingerprint density at radius 3 is 2.80 bits per heavy atom. The number of benzene rings is 1. The second kappa shape index (κ2) is 5.80. The summed E-state index contributed by atoms with van der Waals surface area (Å²) in [7, 11) is 1.33. The Labute approximate surface area is 87.8 Å². The molecule has 0 saturated carbocycles. The smallest absolute Gasteiger partial charge is 0.417 e. The maximum atomic E-state index is 11.3. The van der Waals surface area contributed by atoms with Gasteiger partial charge in [0.25, 0.3) is 0 Å². The largest absolute Gasteiger partial charge is 0.465 e. The highest BCUT2D eigenvalue weighted by molar-refractivity contribution is 5.90. The summed E-state index contributed by atoms with van der Waals surface area (Å²) in [6.45, 7) is 1.54. The molecule has 0 aromatic heterocycles. The van der Waals surface area contributed by atoms with Gasteiger partial charge in [0.1, 0.15) is 0 Å². The van der Waals surface area contributed by atoms with Crippen molar-refractivity contribution in [3.05, 3.63) is 35.4 Å². The maximum absolute atomic E-state index is 11.3. The normalized spacial score (nSPS) is 9.40. The molecule has 0 bridgehead atoms. The number of methoxy groups -OCH3 is 1. The van der Waals surface area contributed by atoms with E-state index in [0.29, 0.717) is 12.0 Å². The standard InChI is InChI=1S/C11H11O4/c1-14-11(13)10-5-3-2-4-9(10)6-7-15-8-12/h2-5H,6-7H2,1H3. The molecule has 1 rings (SSSR count). The molecular formula is C11H11O4. The van der Waals surface area contributed by atoms with Crippen LogP contribution in [0.2, 0.25) is 0 Å². The molecular weight excluding hydrogens is 196 g/mol. The molecule has 1 radical (unpaired) electrons. The van der Waals surface area contributed by atoms with Crippen molar-refractivity contribution in [1.82, 2.24) is 0 Å². The van der Waals surface area contributed by atoms with Crippen molar-refractivity contribution in [3.63, 3.8) is 0 Å². The van der Waals surface area contributed by atoms with Gasteiger partial charge >= 0.3 is 12.4 Å². The third kappa shape index (κ3) is 3.09. The summed E-state index contributed by atoms with van der Waals surface area (Å²) in [6, 6.07) is 7.03. The van der Waals surface area contributed by atoms with Gasteiger partial charge in [0, 0.05) is 6.42 Å². The molecule has 0 fully saturated rings. The number of hydrogen-bond donors (Lipinski definition) is 0. The second-order valence-electron chi connectivity index (χ2n) is 2.83. The van der Waals surface area contributed by atoms with Gasteiger partial charge in [0.05, 0.1) is 19.3 Å². The minimum atomic E-state index is -0.388. The van der Waals surface area contributed by atoms with Crippen LogP contribution in [0.3, 0.4) is 0 Å². The average molecular weight is 207 g/mol. The van der Waals surface area contributed by atoms with E-state index in [1.165, 1.54) is 13.6 Å². The predicted molar refractivity (Wildman–Crippen MR) is 53.1 cm³/mol. The Morgan fingerprint density at radius 2 is 2.13 bits per heavy atom. The number of esters is 1. The topological polar surface area (TPSA) is 52.6 Å². The molecule has 1 aromatic carbocycles. The van der Waals surface area contributed by atoms with E-state index >= 15 is 0 Å². The van der Waals surface area contributed by atoms with Gasteiger partial charge in [0.2, 0.25) is 0 Å². The molecule has 0 amide bonds. The maximum Gasteiger partial charge on any atom is 0.417 e. The minimum absolute atomic E-state index is 0.206. The molecule has 1 aromatic rings. The zero-order chi connectivity index (χ0) is 11.1. The Kier molecular flexibility index (Phi) is 4.34. The van der Waals surface area contributed by atoms with Crippen LogP contribution in [0.1, 0.15) is 15.9 Å². The first kappa shape index (κ1) is 11.2. The van der Waals surface area contributed by atoms with Crippen molar-refractivity contribution in [2.24, 2.45) is 0 Å². The highest BCUT2D eigenvalue weighted by Crippen LogP contribution is 2.10. The first-order valence-electron chi connectivity index (χ1n) is 4.44. The summed E-state index contributed by atoms with van der Waals surface area (Å²) >= 11 is 0. The molecule has 4 heteroatoms. The summed E-state index contributed by atoms with van der Waals surface area (Å²) < 4.78 is 9.07. The molecule has 79 valence electrons. The molecule has 15 heavy (non-hydrogen) atoms. The van der Waals surface area contributed by atoms with Crippen molar-refractivity contribution in [3.8, 4) is 0 Å². The third-order valence-electron chi connectivity index (χ3n) is 1.96. The van der Waals surface area contributed by atoms with Gasteiger partial charge < -0.3 is 9.47 Å². The Morgan fingerprint density at radius 1 is 1.40 bits per heavy atom. The molecule has 0 N–H and O–H groups in total. The van der Waals surface area contributed by atoms with Crippen LogP contribution in [0.25, 0.3) is 0 Å². The lowest BCUT2D eigenvalue weighted by Gasteiger charge is -2.06. The van der Waals surface area contributed by atoms with Crippen molar-refractivity contribution < 1.29 is 19.1 Å². The van der Waals surface area contributed by atoms with Crippen LogP contribution >= 0.6 is 0 Å². The fourth-order valence-corrected chi connectivity index (χ4v) is 1.25. The lowest BCUT2D eigenvalue weighted by molar-refractivity contribution is 0.0599. The quantitative estimate of drug-likeness (QED) is 0.536. The van der Waals surface area contributed by atoms with Crippen LogP contribution in [-0.2, 0) is 20.7 Å². The minimum Gasteiger partial charge on any atom is -0.465 e. The first-order chi connectivity index (χ1) is 7.29. The second-order valence-corrected chi connectivity index (χ2v) is 2.83. The van der Waals surface area contributed by atoms with Crippen LogP contribution in [0.15, 0.2) is 24.3 Å². The van der Waals surface area contributed by atoms with Gasteiger partial charge in [-0.2, -0.15) is 0 Å². The van der Waals surface area contributed by atoms with Crippen LogP contribution in [0.4, 0.5) is 0 Å². The van der Waals surface area contributed by atoms with E-state index in [1.807, 2.05) is 6.07 Å². The van der Waals surface area contributed by atoms with Gasteiger partial charge in [0.15, 0.2) is 0 Å². The number of ether oxygens (including phenoxy) is 2. The fraction of sp³-hybridized carbons (Fsp3) is 0.273. The molecule has 4 nitrogen and oxygen atoms in total. The van der Waals surface area contributed by atoms with E-state index in [-0.39, 0.29) is 12.6 Å². The molecule has 0 heterocycles. The van der Waals surface area contributed by atoms with Gasteiger partial charge in [-0.1, -0.05) is 18.2 Å². The number of carbonyl (C=O) groups excluding carboxylic acids is 2. The van der Waals surface area contributed by atoms with E-state index in [4.69, 9.17) is 0 Å². The van der Waals surface area contributed by atoms with Crippen LogP contribution < -0.4 is 0 Å². The van der Waals surface area contributed by atoms with Gasteiger partial charge in [-0.25, -0.2) is 9.59 Å². The van der Waals surface area contributed by atoms with Gasteiger partial charge in [-0.3, -0.25) is 0 Å². The highest BCUT2D eigenvalue weighted by atomic mass is 16.5. The number of carbonyl (C=O) groups is 1. The van der Waals surface area contributed by atoms with Crippen molar-refractivity contribution in [2.75, 3.05) is 13.7 Å². The number of rotatable bonds is 5. The third-order valence-corrected chi connectivity index (χ3v) is 1.96. The predicted octanol–water partition coefficient (Wildman–Crippen LogP) is 1.10. The molecule has 0 spiro atoms. The van der Waals surface area contributed by atoms with Crippen LogP contribution in [0, 0.1) is 0 Å². The van der Waals surface area contributed by atoms with E-state index in [2.05, 4.69) is 9.47 Å². The highest BCUT2D eigenvalue weighted by Gasteiger charge is 2.10. The number of hydrogen-bond acceptors (Lipinski definition) is 4. The lowest BCUT2D eigenvalue weighted by Crippen LogP contribution is -2.07. The summed E-state index contributed by atoms with van der Waals surface area (Å²) in [5.41, 5.74) is 1.29. The van der Waals surface area contributed by atoms with Crippen LogP contribution in [-0.4, -0.2) is 26.2 Å².